The van der Waals surface area contributed by atoms with Crippen molar-refractivity contribution in [3.8, 4) is 11.5 Å². The molecule has 5 heteroatoms. The predicted octanol–water partition coefficient (Wildman–Crippen LogP) is 5.42. The van der Waals surface area contributed by atoms with Gasteiger partial charge in [-0.15, -0.1) is 23.5 Å². The molecule has 1 aromatic carbocycles. The zero-order valence-electron chi connectivity index (χ0n) is 14.7. The van der Waals surface area contributed by atoms with E-state index in [9.17, 15) is 0 Å². The van der Waals surface area contributed by atoms with Crippen molar-refractivity contribution in [2.24, 2.45) is 5.73 Å². The minimum absolute atomic E-state index is 0.763. The fourth-order valence-corrected chi connectivity index (χ4v) is 4.82. The third-order valence-electron chi connectivity index (χ3n) is 3.37. The van der Waals surface area contributed by atoms with Gasteiger partial charge in [0.05, 0.1) is 19.1 Å². The van der Waals surface area contributed by atoms with Gasteiger partial charge in [-0.1, -0.05) is 26.7 Å². The molecule has 1 aromatic rings. The van der Waals surface area contributed by atoms with E-state index in [1.165, 1.54) is 35.5 Å². The molecular formula is C18H29NO2S2. The Hall–Kier alpha value is -0.940. The lowest BCUT2D eigenvalue weighted by Crippen LogP contribution is -1.98. The van der Waals surface area contributed by atoms with E-state index in [1.807, 2.05) is 35.7 Å². The van der Waals surface area contributed by atoms with Crippen LogP contribution in [0.1, 0.15) is 45.1 Å². The molecule has 0 fully saturated rings. The molecule has 0 amide bonds. The summed E-state index contributed by atoms with van der Waals surface area (Å²) in [5, 5.41) is 0. The minimum Gasteiger partial charge on any atom is -0.493 e. The van der Waals surface area contributed by atoms with Crippen LogP contribution in [-0.2, 0) is 0 Å². The van der Waals surface area contributed by atoms with E-state index in [2.05, 4.69) is 13.8 Å². The van der Waals surface area contributed by atoms with Crippen LogP contribution in [0.4, 0.5) is 0 Å². The Morgan fingerprint density at radius 1 is 1.00 bits per heavy atom. The van der Waals surface area contributed by atoms with Gasteiger partial charge in [-0.05, 0) is 48.3 Å². The number of unbranched alkanes of at least 4 members (excludes halogenated alkanes) is 2. The summed E-state index contributed by atoms with van der Waals surface area (Å²) >= 11 is 3.73. The third kappa shape index (κ3) is 5.88. The first-order valence-corrected chi connectivity index (χ1v) is 10.1. The fourth-order valence-electron chi connectivity index (χ4n) is 2.11. The lowest BCUT2D eigenvalue weighted by molar-refractivity contribution is 0.346. The molecule has 0 aliphatic heterocycles. The fraction of sp³-hybridized carbons (Fsp3) is 0.556. The molecule has 1 rings (SSSR count). The van der Waals surface area contributed by atoms with Gasteiger partial charge in [0.15, 0.2) is 11.5 Å². The van der Waals surface area contributed by atoms with E-state index in [4.69, 9.17) is 15.2 Å². The molecule has 0 atom stereocenters. The Morgan fingerprint density at radius 3 is 2.09 bits per heavy atom. The Kier molecular flexibility index (Phi) is 10.1. The first-order chi connectivity index (χ1) is 11.2. The Balaban J connectivity index is 3.30. The maximum absolute atomic E-state index is 5.66. The number of nitrogens with two attached hydrogens (primary N) is 1. The van der Waals surface area contributed by atoms with Crippen LogP contribution in [0.2, 0.25) is 0 Å². The molecule has 0 aliphatic rings. The zero-order chi connectivity index (χ0) is 17.1. The molecule has 0 saturated heterocycles. The quantitative estimate of drug-likeness (QED) is 0.424. The second-order valence-corrected chi connectivity index (χ2v) is 7.33. The van der Waals surface area contributed by atoms with Crippen LogP contribution < -0.4 is 15.2 Å². The highest BCUT2D eigenvalue weighted by atomic mass is 32.2. The summed E-state index contributed by atoms with van der Waals surface area (Å²) in [7, 11) is 3.39. The average molecular weight is 356 g/mol. The summed E-state index contributed by atoms with van der Waals surface area (Å²) in [6.45, 7) is 4.43. The molecule has 0 bridgehead atoms. The number of rotatable bonds is 11. The van der Waals surface area contributed by atoms with Crippen LogP contribution in [0, 0.1) is 0 Å². The van der Waals surface area contributed by atoms with Crippen molar-refractivity contribution in [2.75, 3.05) is 25.7 Å². The molecule has 2 N–H and O–H groups in total. The lowest BCUT2D eigenvalue weighted by Gasteiger charge is -2.19. The molecule has 3 nitrogen and oxygen atoms in total. The molecule has 0 aliphatic carbocycles. The number of hydrogen-bond donors (Lipinski definition) is 1. The van der Waals surface area contributed by atoms with Gasteiger partial charge >= 0.3 is 0 Å². The van der Waals surface area contributed by atoms with E-state index in [1.54, 1.807) is 20.4 Å². The maximum atomic E-state index is 5.66. The van der Waals surface area contributed by atoms with Crippen LogP contribution in [-0.4, -0.2) is 25.7 Å². The smallest absolute Gasteiger partial charge is 0.175 e. The van der Waals surface area contributed by atoms with Crippen molar-refractivity contribution in [1.29, 1.82) is 0 Å². The van der Waals surface area contributed by atoms with Gasteiger partial charge in [-0.2, -0.15) is 0 Å². The first kappa shape index (κ1) is 20.1. The van der Waals surface area contributed by atoms with Crippen LogP contribution in [0.25, 0.3) is 6.08 Å². The second-order valence-electron chi connectivity index (χ2n) is 5.12. The van der Waals surface area contributed by atoms with Crippen molar-refractivity contribution >= 4 is 29.6 Å². The van der Waals surface area contributed by atoms with E-state index < -0.39 is 0 Å². The van der Waals surface area contributed by atoms with E-state index in [0.717, 1.165) is 28.6 Å². The Labute approximate surface area is 149 Å². The maximum Gasteiger partial charge on any atom is 0.175 e. The zero-order valence-corrected chi connectivity index (χ0v) is 16.3. The number of thioether (sulfide) groups is 2. The van der Waals surface area contributed by atoms with Gasteiger partial charge in [0.2, 0.25) is 0 Å². The minimum atomic E-state index is 0.763. The Bertz CT molecular complexity index is 504. The van der Waals surface area contributed by atoms with Crippen LogP contribution in [0.15, 0.2) is 22.1 Å². The second kappa shape index (κ2) is 11.6. The van der Waals surface area contributed by atoms with Crippen LogP contribution in [0.3, 0.4) is 0 Å². The number of hydrogen-bond acceptors (Lipinski definition) is 5. The van der Waals surface area contributed by atoms with Crippen LogP contribution >= 0.6 is 23.5 Å². The summed E-state index contributed by atoms with van der Waals surface area (Å²) in [6, 6.07) is 2.01. The van der Waals surface area contributed by atoms with Crippen LogP contribution in [0.5, 0.6) is 11.5 Å². The predicted molar refractivity (Wildman–Crippen MR) is 104 cm³/mol. The molecular weight excluding hydrogens is 326 g/mol. The molecule has 0 aromatic heterocycles. The van der Waals surface area contributed by atoms with Crippen molar-refractivity contribution in [1.82, 2.24) is 0 Å². The average Bonchev–Trinajstić information content (AvgIpc) is 2.56. The highest BCUT2D eigenvalue weighted by Gasteiger charge is 2.19. The highest BCUT2D eigenvalue weighted by molar-refractivity contribution is 8.02. The van der Waals surface area contributed by atoms with Gasteiger partial charge < -0.3 is 15.2 Å². The molecule has 0 radical (unpaired) electrons. The molecule has 23 heavy (non-hydrogen) atoms. The van der Waals surface area contributed by atoms with Gasteiger partial charge in [0.25, 0.3) is 0 Å². The van der Waals surface area contributed by atoms with Gasteiger partial charge in [-0.25, -0.2) is 0 Å². The summed E-state index contributed by atoms with van der Waals surface area (Å²) in [5.41, 5.74) is 6.75. The van der Waals surface area contributed by atoms with Crippen molar-refractivity contribution in [3.05, 3.63) is 17.8 Å². The third-order valence-corrected chi connectivity index (χ3v) is 5.89. The standard InChI is InChI=1S/C18H29NO2S2/c1-5-7-11-22-17-14(9-10-19)13-15(20-3)16(21-4)18(17)23-12-8-6-2/h9-10,13H,5-8,11-12,19H2,1-4H3/b10-9+. The van der Waals surface area contributed by atoms with Crippen molar-refractivity contribution in [2.45, 2.75) is 49.3 Å². The van der Waals surface area contributed by atoms with E-state index in [-0.39, 0.29) is 0 Å². The normalized spacial score (nSPS) is 11.1. The monoisotopic (exact) mass is 355 g/mol. The van der Waals surface area contributed by atoms with E-state index >= 15 is 0 Å². The van der Waals surface area contributed by atoms with Crippen molar-refractivity contribution in [3.63, 3.8) is 0 Å². The van der Waals surface area contributed by atoms with Gasteiger partial charge in [-0.3, -0.25) is 0 Å². The van der Waals surface area contributed by atoms with Gasteiger partial charge in [0.1, 0.15) is 0 Å². The number of benzene rings is 1. The lowest BCUT2D eigenvalue weighted by atomic mass is 10.2. The summed E-state index contributed by atoms with van der Waals surface area (Å²) < 4.78 is 11.2. The summed E-state index contributed by atoms with van der Waals surface area (Å²) in [6.07, 6.45) is 8.30. The molecule has 0 spiro atoms. The topological polar surface area (TPSA) is 44.5 Å². The summed E-state index contributed by atoms with van der Waals surface area (Å²) in [5.74, 6) is 3.77. The largest absolute Gasteiger partial charge is 0.493 e. The molecule has 0 unspecified atom stereocenters. The number of methoxy groups -OCH3 is 2. The summed E-state index contributed by atoms with van der Waals surface area (Å²) in [4.78, 5) is 2.42. The van der Waals surface area contributed by atoms with Gasteiger partial charge in [0, 0.05) is 4.90 Å². The van der Waals surface area contributed by atoms with E-state index in [0.29, 0.717) is 0 Å². The molecule has 130 valence electrons. The SMILES string of the molecule is CCCCSc1c(/C=C/N)cc(OC)c(OC)c1SCCCC. The Morgan fingerprint density at radius 2 is 1.61 bits per heavy atom. The molecule has 0 heterocycles. The highest BCUT2D eigenvalue weighted by Crippen LogP contribution is 2.47. The van der Waals surface area contributed by atoms with Crippen molar-refractivity contribution < 1.29 is 9.47 Å². The molecule has 0 saturated carbocycles. The first-order valence-electron chi connectivity index (χ1n) is 8.16. The number of ether oxygens (including phenoxy) is 2.